The number of thiazole rings is 1. The van der Waals surface area contributed by atoms with Crippen LogP contribution < -0.4 is 0 Å². The SMILES string of the molecule is CC(C)C(=O)c1ccn(Cc2nc(C(C)(C)C)cs2)c1. The summed E-state index contributed by atoms with van der Waals surface area (Å²) in [7, 11) is 0. The van der Waals surface area contributed by atoms with Gasteiger partial charge in [-0.25, -0.2) is 4.98 Å². The summed E-state index contributed by atoms with van der Waals surface area (Å²) in [5.74, 6) is 0.233. The Hall–Kier alpha value is -1.42. The van der Waals surface area contributed by atoms with Crippen molar-refractivity contribution in [2.45, 2.75) is 46.6 Å². The Kier molecular flexibility index (Phi) is 4.14. The number of hydrogen-bond donors (Lipinski definition) is 0. The summed E-state index contributed by atoms with van der Waals surface area (Å²) in [5.41, 5.74) is 2.00. The average Bonchev–Trinajstić information content (AvgIpc) is 2.96. The lowest BCUT2D eigenvalue weighted by Gasteiger charge is -2.14. The largest absolute Gasteiger partial charge is 0.347 e. The lowest BCUT2D eigenvalue weighted by atomic mass is 9.93. The van der Waals surface area contributed by atoms with E-state index in [2.05, 4.69) is 31.1 Å². The molecule has 0 saturated carbocycles. The fourth-order valence-corrected chi connectivity index (χ4v) is 2.93. The van der Waals surface area contributed by atoms with Gasteiger partial charge < -0.3 is 4.57 Å². The maximum Gasteiger partial charge on any atom is 0.166 e. The fraction of sp³-hybridized carbons (Fsp3) is 0.500. The third-order valence-corrected chi connectivity index (χ3v) is 4.03. The summed E-state index contributed by atoms with van der Waals surface area (Å²) in [4.78, 5) is 16.6. The quantitative estimate of drug-likeness (QED) is 0.794. The molecule has 0 N–H and O–H groups in total. The van der Waals surface area contributed by atoms with E-state index in [1.807, 2.05) is 36.9 Å². The van der Waals surface area contributed by atoms with E-state index in [1.54, 1.807) is 11.3 Å². The first-order valence-corrected chi connectivity index (χ1v) is 7.80. The molecule has 0 aliphatic rings. The molecule has 0 unspecified atom stereocenters. The first kappa shape index (κ1) is 15.0. The maximum atomic E-state index is 11.9. The minimum absolute atomic E-state index is 0.0400. The van der Waals surface area contributed by atoms with Crippen molar-refractivity contribution in [1.82, 2.24) is 9.55 Å². The van der Waals surface area contributed by atoms with Gasteiger partial charge in [-0.3, -0.25) is 4.79 Å². The molecule has 2 rings (SSSR count). The van der Waals surface area contributed by atoms with Crippen LogP contribution in [0.4, 0.5) is 0 Å². The Morgan fingerprint density at radius 1 is 1.40 bits per heavy atom. The van der Waals surface area contributed by atoms with Gasteiger partial charge in [-0.05, 0) is 6.07 Å². The zero-order valence-corrected chi connectivity index (χ0v) is 13.6. The number of rotatable bonds is 4. The van der Waals surface area contributed by atoms with E-state index < -0.39 is 0 Å². The second-order valence-corrected chi connectivity index (χ2v) is 7.41. The van der Waals surface area contributed by atoms with Gasteiger partial charge in [0.05, 0.1) is 12.2 Å². The number of nitrogens with zero attached hydrogens (tertiary/aromatic N) is 2. The number of carbonyl (C=O) groups excluding carboxylic acids is 1. The molecule has 0 saturated heterocycles. The van der Waals surface area contributed by atoms with Crippen LogP contribution in [0.3, 0.4) is 0 Å². The first-order valence-electron chi connectivity index (χ1n) is 6.92. The summed E-state index contributed by atoms with van der Waals surface area (Å²) in [6.07, 6.45) is 3.87. The van der Waals surface area contributed by atoms with Gasteiger partial charge in [-0.1, -0.05) is 34.6 Å². The molecule has 2 aromatic rings. The Balaban J connectivity index is 2.11. The standard InChI is InChI=1S/C16H22N2OS/c1-11(2)15(19)12-6-7-18(8-12)9-14-17-13(10-20-14)16(3,4)5/h6-8,10-11H,9H2,1-5H3. The summed E-state index contributed by atoms with van der Waals surface area (Å²) >= 11 is 1.68. The van der Waals surface area contributed by atoms with Crippen LogP contribution in [0.15, 0.2) is 23.8 Å². The molecule has 0 radical (unpaired) electrons. The van der Waals surface area contributed by atoms with Gasteiger partial charge in [0.1, 0.15) is 5.01 Å². The highest BCUT2D eigenvalue weighted by molar-refractivity contribution is 7.09. The number of hydrogen-bond acceptors (Lipinski definition) is 3. The highest BCUT2D eigenvalue weighted by atomic mass is 32.1. The van der Waals surface area contributed by atoms with Crippen LogP contribution in [0, 0.1) is 5.92 Å². The van der Waals surface area contributed by atoms with Crippen molar-refractivity contribution in [3.05, 3.63) is 40.1 Å². The number of carbonyl (C=O) groups is 1. The zero-order chi connectivity index (χ0) is 14.9. The van der Waals surface area contributed by atoms with Crippen LogP contribution in [0.2, 0.25) is 0 Å². The van der Waals surface area contributed by atoms with Crippen LogP contribution in [0.1, 0.15) is 55.7 Å². The third-order valence-electron chi connectivity index (χ3n) is 3.20. The van der Waals surface area contributed by atoms with Gasteiger partial charge in [-0.15, -0.1) is 11.3 Å². The molecule has 0 aliphatic heterocycles. The van der Waals surface area contributed by atoms with E-state index >= 15 is 0 Å². The highest BCUT2D eigenvalue weighted by Crippen LogP contribution is 2.24. The molecule has 0 atom stereocenters. The van der Waals surface area contributed by atoms with Crippen molar-refractivity contribution in [1.29, 1.82) is 0 Å². The maximum absolute atomic E-state index is 11.9. The van der Waals surface area contributed by atoms with E-state index in [4.69, 9.17) is 0 Å². The molecule has 20 heavy (non-hydrogen) atoms. The summed E-state index contributed by atoms with van der Waals surface area (Å²) in [6.45, 7) is 11.1. The molecule has 4 heteroatoms. The molecule has 0 fully saturated rings. The number of ketones is 1. The molecule has 0 bridgehead atoms. The molecule has 108 valence electrons. The highest BCUT2D eigenvalue weighted by Gasteiger charge is 2.17. The van der Waals surface area contributed by atoms with Crippen molar-refractivity contribution >= 4 is 17.1 Å². The van der Waals surface area contributed by atoms with Gasteiger partial charge in [0.2, 0.25) is 0 Å². The number of aromatic nitrogens is 2. The van der Waals surface area contributed by atoms with Gasteiger partial charge in [0.15, 0.2) is 5.78 Å². The van der Waals surface area contributed by atoms with Crippen LogP contribution in [-0.2, 0) is 12.0 Å². The second kappa shape index (κ2) is 5.52. The molecule has 2 aromatic heterocycles. The van der Waals surface area contributed by atoms with E-state index in [0.29, 0.717) is 0 Å². The van der Waals surface area contributed by atoms with Gasteiger partial charge in [0, 0.05) is 34.7 Å². The minimum Gasteiger partial charge on any atom is -0.347 e. The number of Topliss-reactive ketones (excluding diaryl/α,β-unsaturated/α-hetero) is 1. The van der Waals surface area contributed by atoms with Crippen LogP contribution in [0.25, 0.3) is 0 Å². The van der Waals surface area contributed by atoms with E-state index in [-0.39, 0.29) is 17.1 Å². The van der Waals surface area contributed by atoms with Crippen LogP contribution in [-0.4, -0.2) is 15.3 Å². The Bertz CT molecular complexity index is 602. The predicted molar refractivity (Wildman–Crippen MR) is 83.5 cm³/mol. The van der Waals surface area contributed by atoms with E-state index in [1.165, 1.54) is 0 Å². The zero-order valence-electron chi connectivity index (χ0n) is 12.8. The molecular weight excluding hydrogens is 268 g/mol. The van der Waals surface area contributed by atoms with Crippen molar-refractivity contribution in [3.8, 4) is 0 Å². The van der Waals surface area contributed by atoms with E-state index in [0.717, 1.165) is 22.8 Å². The molecule has 0 aromatic carbocycles. The molecule has 3 nitrogen and oxygen atoms in total. The van der Waals surface area contributed by atoms with Crippen LogP contribution >= 0.6 is 11.3 Å². The molecule has 0 aliphatic carbocycles. The lowest BCUT2D eigenvalue weighted by molar-refractivity contribution is 0.0939. The Morgan fingerprint density at radius 2 is 2.10 bits per heavy atom. The fourth-order valence-electron chi connectivity index (χ4n) is 1.90. The molecule has 0 spiro atoms. The minimum atomic E-state index is 0.0400. The second-order valence-electron chi connectivity index (χ2n) is 6.47. The monoisotopic (exact) mass is 290 g/mol. The van der Waals surface area contributed by atoms with Gasteiger partial charge in [0.25, 0.3) is 0 Å². The normalized spacial score (nSPS) is 12.1. The van der Waals surface area contributed by atoms with Crippen molar-refractivity contribution in [2.75, 3.05) is 0 Å². The topological polar surface area (TPSA) is 34.9 Å². The third kappa shape index (κ3) is 3.37. The Labute approximate surface area is 124 Å². The van der Waals surface area contributed by atoms with Crippen LogP contribution in [0.5, 0.6) is 0 Å². The van der Waals surface area contributed by atoms with Crippen molar-refractivity contribution < 1.29 is 4.79 Å². The molecule has 2 heterocycles. The first-order chi connectivity index (χ1) is 9.27. The summed E-state index contributed by atoms with van der Waals surface area (Å²) in [5, 5.41) is 3.20. The Morgan fingerprint density at radius 3 is 2.65 bits per heavy atom. The van der Waals surface area contributed by atoms with Gasteiger partial charge in [-0.2, -0.15) is 0 Å². The summed E-state index contributed by atoms with van der Waals surface area (Å²) in [6, 6.07) is 1.89. The molecule has 0 amide bonds. The predicted octanol–water partition coefficient (Wildman–Crippen LogP) is 4.13. The van der Waals surface area contributed by atoms with E-state index in [9.17, 15) is 4.79 Å². The molecular formula is C16H22N2OS. The smallest absolute Gasteiger partial charge is 0.166 e. The summed E-state index contributed by atoms with van der Waals surface area (Å²) < 4.78 is 2.03. The van der Waals surface area contributed by atoms with Gasteiger partial charge >= 0.3 is 0 Å². The average molecular weight is 290 g/mol. The van der Waals surface area contributed by atoms with Crippen molar-refractivity contribution in [3.63, 3.8) is 0 Å². The van der Waals surface area contributed by atoms with Crippen molar-refractivity contribution in [2.24, 2.45) is 5.92 Å². The lowest BCUT2D eigenvalue weighted by Crippen LogP contribution is -2.11.